The van der Waals surface area contributed by atoms with E-state index in [9.17, 15) is 4.79 Å². The third-order valence-corrected chi connectivity index (χ3v) is 4.38. The van der Waals surface area contributed by atoms with E-state index in [0.29, 0.717) is 16.3 Å². The van der Waals surface area contributed by atoms with Crippen molar-refractivity contribution in [3.63, 3.8) is 0 Å². The van der Waals surface area contributed by atoms with E-state index in [4.69, 9.17) is 16.3 Å². The lowest BCUT2D eigenvalue weighted by Crippen LogP contribution is -2.30. The molecule has 2 aromatic rings. The lowest BCUT2D eigenvalue weighted by atomic mass is 9.87. The summed E-state index contributed by atoms with van der Waals surface area (Å²) in [4.78, 5) is 12.5. The average molecular weight is 316 g/mol. The molecule has 0 bridgehead atoms. The summed E-state index contributed by atoms with van der Waals surface area (Å²) in [5.74, 6) is 0.465. The summed E-state index contributed by atoms with van der Waals surface area (Å²) in [6.07, 6.45) is 3.13. The lowest BCUT2D eigenvalue weighted by molar-refractivity contribution is 0.0932. The largest absolute Gasteiger partial charge is 0.495 e. The zero-order chi connectivity index (χ0) is 15.5. The molecule has 4 heteroatoms. The Morgan fingerprint density at radius 1 is 1.27 bits per heavy atom. The molecule has 2 aromatic carbocycles. The zero-order valence-electron chi connectivity index (χ0n) is 12.4. The van der Waals surface area contributed by atoms with E-state index in [2.05, 4.69) is 17.4 Å². The van der Waals surface area contributed by atoms with Crippen LogP contribution in [0.5, 0.6) is 5.75 Å². The molecule has 1 atom stereocenters. The molecule has 1 aliphatic rings. The van der Waals surface area contributed by atoms with Crippen LogP contribution < -0.4 is 10.1 Å². The van der Waals surface area contributed by atoms with Gasteiger partial charge < -0.3 is 10.1 Å². The maximum absolute atomic E-state index is 12.5. The molecule has 1 N–H and O–H groups in total. The number of carbonyl (C=O) groups is 1. The Kier molecular flexibility index (Phi) is 4.34. The first-order valence-electron chi connectivity index (χ1n) is 7.41. The van der Waals surface area contributed by atoms with Gasteiger partial charge in [0.05, 0.1) is 18.2 Å². The number of fused-ring (bicyclic) bond motifs is 1. The number of rotatable bonds is 3. The van der Waals surface area contributed by atoms with Crippen LogP contribution in [0.4, 0.5) is 0 Å². The quantitative estimate of drug-likeness (QED) is 0.923. The minimum absolute atomic E-state index is 0.0679. The van der Waals surface area contributed by atoms with Gasteiger partial charge in [-0.3, -0.25) is 4.79 Å². The maximum atomic E-state index is 12.5. The molecule has 0 saturated heterocycles. The highest BCUT2D eigenvalue weighted by atomic mass is 35.5. The number of carbonyl (C=O) groups excluding carboxylic acids is 1. The van der Waals surface area contributed by atoms with Crippen molar-refractivity contribution in [2.45, 2.75) is 25.3 Å². The number of hydrogen-bond donors (Lipinski definition) is 1. The fourth-order valence-electron chi connectivity index (χ4n) is 2.95. The van der Waals surface area contributed by atoms with Gasteiger partial charge in [0.25, 0.3) is 5.91 Å². The molecule has 1 aliphatic carbocycles. The second kappa shape index (κ2) is 6.41. The average Bonchev–Trinajstić information content (AvgIpc) is 2.55. The molecule has 114 valence electrons. The second-order valence-corrected chi connectivity index (χ2v) is 5.87. The van der Waals surface area contributed by atoms with Crippen molar-refractivity contribution >= 4 is 17.5 Å². The first kappa shape index (κ1) is 14.9. The van der Waals surface area contributed by atoms with Crippen LogP contribution in [-0.2, 0) is 6.42 Å². The van der Waals surface area contributed by atoms with E-state index in [1.807, 2.05) is 12.1 Å². The second-order valence-electron chi connectivity index (χ2n) is 5.47. The van der Waals surface area contributed by atoms with Gasteiger partial charge in [0.15, 0.2) is 0 Å². The Labute approximate surface area is 135 Å². The number of halogens is 1. The van der Waals surface area contributed by atoms with E-state index >= 15 is 0 Å². The van der Waals surface area contributed by atoms with E-state index in [0.717, 1.165) is 19.3 Å². The molecule has 22 heavy (non-hydrogen) atoms. The highest BCUT2D eigenvalue weighted by Crippen LogP contribution is 2.30. The number of ether oxygens (including phenoxy) is 1. The van der Waals surface area contributed by atoms with Crippen molar-refractivity contribution in [2.75, 3.05) is 7.11 Å². The Morgan fingerprint density at radius 3 is 2.86 bits per heavy atom. The third kappa shape index (κ3) is 2.95. The monoisotopic (exact) mass is 315 g/mol. The van der Waals surface area contributed by atoms with Crippen molar-refractivity contribution in [3.05, 3.63) is 64.2 Å². The van der Waals surface area contributed by atoms with Crippen molar-refractivity contribution in [1.82, 2.24) is 5.32 Å². The van der Waals surface area contributed by atoms with Gasteiger partial charge >= 0.3 is 0 Å². The number of aryl methyl sites for hydroxylation is 1. The summed E-state index contributed by atoms with van der Waals surface area (Å²) in [6.45, 7) is 0. The number of methoxy groups -OCH3 is 1. The van der Waals surface area contributed by atoms with Gasteiger partial charge in [0, 0.05) is 5.56 Å². The molecule has 3 rings (SSSR count). The Hall–Kier alpha value is -2.00. The van der Waals surface area contributed by atoms with Crippen molar-refractivity contribution < 1.29 is 9.53 Å². The van der Waals surface area contributed by atoms with Crippen LogP contribution in [0.15, 0.2) is 42.5 Å². The molecule has 0 radical (unpaired) electrons. The van der Waals surface area contributed by atoms with Gasteiger partial charge in [-0.25, -0.2) is 0 Å². The number of hydrogen-bond acceptors (Lipinski definition) is 2. The number of amides is 1. The van der Waals surface area contributed by atoms with Crippen LogP contribution in [0.25, 0.3) is 0 Å². The van der Waals surface area contributed by atoms with Crippen LogP contribution in [-0.4, -0.2) is 13.0 Å². The Balaban J connectivity index is 1.79. The lowest BCUT2D eigenvalue weighted by Gasteiger charge is -2.26. The molecule has 0 spiro atoms. The van der Waals surface area contributed by atoms with Crippen molar-refractivity contribution in [1.29, 1.82) is 0 Å². The summed E-state index contributed by atoms with van der Waals surface area (Å²) in [5.41, 5.74) is 3.10. The molecule has 0 aliphatic heterocycles. The van der Waals surface area contributed by atoms with Gasteiger partial charge in [0.1, 0.15) is 5.75 Å². The van der Waals surface area contributed by atoms with Crippen LogP contribution in [0, 0.1) is 0 Å². The van der Waals surface area contributed by atoms with Crippen molar-refractivity contribution in [3.8, 4) is 5.75 Å². The molecule has 0 saturated carbocycles. The first-order chi connectivity index (χ1) is 10.7. The SMILES string of the molecule is COc1ccc(C(=O)N[C@@H]2CCCc3ccccc32)cc1Cl. The molecule has 1 amide bonds. The zero-order valence-corrected chi connectivity index (χ0v) is 13.2. The van der Waals surface area contributed by atoms with E-state index in [1.165, 1.54) is 11.1 Å². The van der Waals surface area contributed by atoms with Gasteiger partial charge in [-0.15, -0.1) is 0 Å². The van der Waals surface area contributed by atoms with Crippen molar-refractivity contribution in [2.24, 2.45) is 0 Å². The highest BCUT2D eigenvalue weighted by Gasteiger charge is 2.22. The van der Waals surface area contributed by atoms with Crippen LogP contribution in [0.2, 0.25) is 5.02 Å². The summed E-state index contributed by atoms with van der Waals surface area (Å²) in [6, 6.07) is 13.5. The number of benzene rings is 2. The molecular weight excluding hydrogens is 298 g/mol. The normalized spacial score (nSPS) is 16.7. The van der Waals surface area contributed by atoms with Gasteiger partial charge in [0.2, 0.25) is 0 Å². The summed E-state index contributed by atoms with van der Waals surface area (Å²) in [5, 5.41) is 3.56. The van der Waals surface area contributed by atoms with Gasteiger partial charge in [-0.2, -0.15) is 0 Å². The van der Waals surface area contributed by atoms with E-state index in [1.54, 1.807) is 25.3 Å². The Morgan fingerprint density at radius 2 is 2.09 bits per heavy atom. The maximum Gasteiger partial charge on any atom is 0.251 e. The molecular formula is C18H18ClNO2. The minimum atomic E-state index is -0.105. The van der Waals surface area contributed by atoms with Crippen LogP contribution >= 0.6 is 11.6 Å². The predicted octanol–water partition coefficient (Wildman–Crippen LogP) is 4.16. The summed E-state index contributed by atoms with van der Waals surface area (Å²) < 4.78 is 5.11. The topological polar surface area (TPSA) is 38.3 Å². The fourth-order valence-corrected chi connectivity index (χ4v) is 3.21. The van der Waals surface area contributed by atoms with E-state index in [-0.39, 0.29) is 11.9 Å². The van der Waals surface area contributed by atoms with E-state index < -0.39 is 0 Å². The fraction of sp³-hybridized carbons (Fsp3) is 0.278. The van der Waals surface area contributed by atoms with Gasteiger partial charge in [-0.1, -0.05) is 35.9 Å². The minimum Gasteiger partial charge on any atom is -0.495 e. The third-order valence-electron chi connectivity index (χ3n) is 4.09. The molecule has 0 fully saturated rings. The standard InChI is InChI=1S/C18H18ClNO2/c1-22-17-10-9-13(11-15(17)19)18(21)20-16-8-4-6-12-5-2-3-7-14(12)16/h2-3,5,7,9-11,16H,4,6,8H2,1H3,(H,20,21)/t16-/m1/s1. The molecule has 3 nitrogen and oxygen atoms in total. The molecule has 0 aromatic heterocycles. The van der Waals surface area contributed by atoms with Crippen LogP contribution in [0.1, 0.15) is 40.4 Å². The summed E-state index contributed by atoms with van der Waals surface area (Å²) >= 11 is 6.09. The summed E-state index contributed by atoms with van der Waals surface area (Å²) in [7, 11) is 1.56. The van der Waals surface area contributed by atoms with Gasteiger partial charge in [-0.05, 0) is 48.6 Å². The highest BCUT2D eigenvalue weighted by molar-refractivity contribution is 6.32. The smallest absolute Gasteiger partial charge is 0.251 e. The predicted molar refractivity (Wildman–Crippen MR) is 87.6 cm³/mol. The van der Waals surface area contributed by atoms with Crippen LogP contribution in [0.3, 0.4) is 0 Å². The molecule has 0 unspecified atom stereocenters. The Bertz CT molecular complexity index is 699. The number of nitrogens with one attached hydrogen (secondary N) is 1. The first-order valence-corrected chi connectivity index (χ1v) is 7.79. The molecule has 0 heterocycles.